The Morgan fingerprint density at radius 2 is 1.74 bits per heavy atom. The molecular weight excluding hydrogens is 244 g/mol. The lowest BCUT2D eigenvalue weighted by Gasteiger charge is -2.05. The molecule has 0 aliphatic rings. The fourth-order valence-corrected chi connectivity index (χ4v) is 1.78. The molecule has 1 rings (SSSR count). The van der Waals surface area contributed by atoms with Gasteiger partial charge in [-0.3, -0.25) is 0 Å². The molecule has 0 saturated heterocycles. The van der Waals surface area contributed by atoms with E-state index in [4.69, 9.17) is 9.84 Å². The van der Waals surface area contributed by atoms with Crippen molar-refractivity contribution in [3.05, 3.63) is 23.8 Å². The van der Waals surface area contributed by atoms with Crippen molar-refractivity contribution in [1.29, 1.82) is 0 Å². The van der Waals surface area contributed by atoms with Gasteiger partial charge in [-0.2, -0.15) is 0 Å². The second-order valence-electron chi connectivity index (χ2n) is 4.61. The lowest BCUT2D eigenvalue weighted by Crippen LogP contribution is -2.06. The molecule has 1 aromatic carbocycles. The van der Waals surface area contributed by atoms with Crippen LogP contribution in [0.15, 0.2) is 18.2 Å². The van der Waals surface area contributed by atoms with Crippen molar-refractivity contribution in [2.45, 2.75) is 45.4 Å². The van der Waals surface area contributed by atoms with E-state index in [0.717, 1.165) is 12.8 Å². The fraction of sp³-hybridized carbons (Fsp3) is 0.533. The van der Waals surface area contributed by atoms with Gasteiger partial charge in [0.2, 0.25) is 0 Å². The standard InChI is InChI=1S/C15H22O4/c1-2-3-4-5-6-7-10-19-15(18)12-8-9-13(16)14(17)11-12/h8-9,11,16-17H,2-7,10H2,1H3. The maximum Gasteiger partial charge on any atom is 0.338 e. The molecule has 106 valence electrons. The Hall–Kier alpha value is -1.71. The van der Waals surface area contributed by atoms with Gasteiger partial charge in [0, 0.05) is 0 Å². The van der Waals surface area contributed by atoms with Crippen LogP contribution < -0.4 is 0 Å². The van der Waals surface area contributed by atoms with Gasteiger partial charge in [-0.15, -0.1) is 0 Å². The summed E-state index contributed by atoms with van der Waals surface area (Å²) in [5.74, 6) is -1.02. The number of phenolic OH excluding ortho intramolecular Hbond substituents is 2. The van der Waals surface area contributed by atoms with E-state index in [2.05, 4.69) is 6.92 Å². The Labute approximate surface area is 114 Å². The maximum absolute atomic E-state index is 11.6. The minimum absolute atomic E-state index is 0.243. The Kier molecular flexibility index (Phi) is 6.79. The van der Waals surface area contributed by atoms with E-state index < -0.39 is 5.97 Å². The van der Waals surface area contributed by atoms with Crippen LogP contribution in [0.25, 0.3) is 0 Å². The molecule has 0 heterocycles. The lowest BCUT2D eigenvalue weighted by atomic mass is 10.1. The average molecular weight is 266 g/mol. The number of unbranched alkanes of at least 4 members (excludes halogenated alkanes) is 5. The third kappa shape index (κ3) is 5.64. The zero-order chi connectivity index (χ0) is 14.1. The molecule has 0 unspecified atom stereocenters. The topological polar surface area (TPSA) is 66.8 Å². The molecule has 0 radical (unpaired) electrons. The van der Waals surface area contributed by atoms with Gasteiger partial charge in [-0.05, 0) is 24.6 Å². The summed E-state index contributed by atoms with van der Waals surface area (Å²) in [4.78, 5) is 11.6. The van der Waals surface area contributed by atoms with Crippen LogP contribution in [0.2, 0.25) is 0 Å². The van der Waals surface area contributed by atoms with Crippen molar-refractivity contribution in [2.24, 2.45) is 0 Å². The minimum Gasteiger partial charge on any atom is -0.504 e. The van der Waals surface area contributed by atoms with Gasteiger partial charge in [0.1, 0.15) is 0 Å². The molecule has 0 fully saturated rings. The summed E-state index contributed by atoms with van der Waals surface area (Å²) in [7, 11) is 0. The SMILES string of the molecule is CCCCCCCCOC(=O)c1ccc(O)c(O)c1. The van der Waals surface area contributed by atoms with Crippen molar-refractivity contribution in [1.82, 2.24) is 0 Å². The number of esters is 1. The fourth-order valence-electron chi connectivity index (χ4n) is 1.78. The van der Waals surface area contributed by atoms with E-state index in [1.165, 1.54) is 43.9 Å². The predicted octanol–water partition coefficient (Wildman–Crippen LogP) is 3.62. The van der Waals surface area contributed by atoms with Gasteiger partial charge in [-0.1, -0.05) is 39.0 Å². The second-order valence-corrected chi connectivity index (χ2v) is 4.61. The summed E-state index contributed by atoms with van der Waals surface area (Å²) in [5, 5.41) is 18.4. The molecule has 0 aliphatic heterocycles. The zero-order valence-corrected chi connectivity index (χ0v) is 11.4. The van der Waals surface area contributed by atoms with E-state index in [9.17, 15) is 9.90 Å². The molecule has 0 aliphatic carbocycles. The highest BCUT2D eigenvalue weighted by molar-refractivity contribution is 5.90. The van der Waals surface area contributed by atoms with Crippen LogP contribution in [0, 0.1) is 0 Å². The van der Waals surface area contributed by atoms with Gasteiger partial charge >= 0.3 is 5.97 Å². The first-order valence-corrected chi connectivity index (χ1v) is 6.84. The van der Waals surface area contributed by atoms with Crippen molar-refractivity contribution >= 4 is 5.97 Å². The summed E-state index contributed by atoms with van der Waals surface area (Å²) < 4.78 is 5.10. The number of rotatable bonds is 8. The third-order valence-corrected chi connectivity index (χ3v) is 2.94. The first-order valence-electron chi connectivity index (χ1n) is 6.84. The van der Waals surface area contributed by atoms with Gasteiger partial charge in [0.15, 0.2) is 11.5 Å². The van der Waals surface area contributed by atoms with Crippen LogP contribution in [-0.4, -0.2) is 22.8 Å². The summed E-state index contributed by atoms with van der Waals surface area (Å²) in [5.41, 5.74) is 0.251. The molecule has 19 heavy (non-hydrogen) atoms. The number of carbonyl (C=O) groups excluding carboxylic acids is 1. The maximum atomic E-state index is 11.6. The molecule has 0 spiro atoms. The van der Waals surface area contributed by atoms with E-state index in [0.29, 0.717) is 6.61 Å². The molecule has 1 aromatic rings. The highest BCUT2D eigenvalue weighted by atomic mass is 16.5. The number of hydrogen-bond donors (Lipinski definition) is 2. The smallest absolute Gasteiger partial charge is 0.338 e. The minimum atomic E-state index is -0.469. The highest BCUT2D eigenvalue weighted by Crippen LogP contribution is 2.25. The van der Waals surface area contributed by atoms with Gasteiger partial charge in [0.25, 0.3) is 0 Å². The predicted molar refractivity (Wildman–Crippen MR) is 73.4 cm³/mol. The van der Waals surface area contributed by atoms with Crippen LogP contribution >= 0.6 is 0 Å². The highest BCUT2D eigenvalue weighted by Gasteiger charge is 2.09. The summed E-state index contributed by atoms with van der Waals surface area (Å²) >= 11 is 0. The molecule has 0 bridgehead atoms. The summed E-state index contributed by atoms with van der Waals surface area (Å²) in [6.07, 6.45) is 6.81. The van der Waals surface area contributed by atoms with E-state index in [1.807, 2.05) is 0 Å². The van der Waals surface area contributed by atoms with E-state index in [1.54, 1.807) is 0 Å². The molecule has 4 nitrogen and oxygen atoms in total. The Balaban J connectivity index is 2.22. The van der Waals surface area contributed by atoms with Gasteiger partial charge in [-0.25, -0.2) is 4.79 Å². The first-order chi connectivity index (χ1) is 9.15. The lowest BCUT2D eigenvalue weighted by molar-refractivity contribution is 0.0497. The molecule has 0 amide bonds. The summed E-state index contributed by atoms with van der Waals surface area (Å²) in [6, 6.07) is 3.91. The normalized spacial score (nSPS) is 10.4. The largest absolute Gasteiger partial charge is 0.504 e. The molecule has 4 heteroatoms. The first kappa shape index (κ1) is 15.3. The van der Waals surface area contributed by atoms with Crippen LogP contribution in [0.5, 0.6) is 11.5 Å². The second kappa shape index (κ2) is 8.40. The van der Waals surface area contributed by atoms with Crippen molar-refractivity contribution in [3.8, 4) is 11.5 Å². The molecule has 0 aromatic heterocycles. The van der Waals surface area contributed by atoms with Crippen LogP contribution in [0.3, 0.4) is 0 Å². The Morgan fingerprint density at radius 3 is 2.42 bits per heavy atom. The van der Waals surface area contributed by atoms with Crippen molar-refractivity contribution in [2.75, 3.05) is 6.61 Å². The monoisotopic (exact) mass is 266 g/mol. The Bertz CT molecular complexity index is 401. The number of carbonyl (C=O) groups is 1. The number of phenols is 2. The molecular formula is C15H22O4. The van der Waals surface area contributed by atoms with E-state index in [-0.39, 0.29) is 17.1 Å². The van der Waals surface area contributed by atoms with Gasteiger partial charge in [0.05, 0.1) is 12.2 Å². The van der Waals surface area contributed by atoms with Crippen molar-refractivity contribution < 1.29 is 19.7 Å². The zero-order valence-electron chi connectivity index (χ0n) is 11.4. The quantitative estimate of drug-likeness (QED) is 0.428. The average Bonchev–Trinajstić information content (AvgIpc) is 2.40. The van der Waals surface area contributed by atoms with E-state index >= 15 is 0 Å². The van der Waals surface area contributed by atoms with Gasteiger partial charge < -0.3 is 14.9 Å². The Morgan fingerprint density at radius 1 is 1.05 bits per heavy atom. The van der Waals surface area contributed by atoms with Crippen LogP contribution in [0.4, 0.5) is 0 Å². The summed E-state index contributed by atoms with van der Waals surface area (Å²) in [6.45, 7) is 2.57. The molecule has 0 saturated carbocycles. The molecule has 0 atom stereocenters. The number of benzene rings is 1. The van der Waals surface area contributed by atoms with Crippen molar-refractivity contribution in [3.63, 3.8) is 0 Å². The number of hydrogen-bond acceptors (Lipinski definition) is 4. The third-order valence-electron chi connectivity index (χ3n) is 2.94. The van der Waals surface area contributed by atoms with Crippen LogP contribution in [-0.2, 0) is 4.74 Å². The number of ether oxygens (including phenoxy) is 1. The number of aromatic hydroxyl groups is 2. The van der Waals surface area contributed by atoms with Crippen LogP contribution in [0.1, 0.15) is 55.8 Å². The molecule has 2 N–H and O–H groups in total.